The van der Waals surface area contributed by atoms with Gasteiger partial charge in [-0.2, -0.15) is 0 Å². The molecule has 3 aromatic rings. The van der Waals surface area contributed by atoms with Crippen molar-refractivity contribution in [3.63, 3.8) is 0 Å². The number of nitrogens with one attached hydrogen (secondary N) is 2. The van der Waals surface area contributed by atoms with E-state index < -0.39 is 17.7 Å². The zero-order chi connectivity index (χ0) is 23.4. The lowest BCUT2D eigenvalue weighted by Crippen LogP contribution is -2.49. The molecule has 4 rings (SSSR count). The van der Waals surface area contributed by atoms with Gasteiger partial charge in [-0.1, -0.05) is 30.3 Å². The molecular formula is C25H24F2N4O2. The van der Waals surface area contributed by atoms with Crippen molar-refractivity contribution < 1.29 is 18.4 Å². The SMILES string of the molecule is Cc1ccc(N2CCCN(Cc3c(F)cccc3F)C2=O)c(NC(=O)Nc2ccccc2)c1. The van der Waals surface area contributed by atoms with Gasteiger partial charge >= 0.3 is 12.1 Å². The van der Waals surface area contributed by atoms with Gasteiger partial charge in [0.25, 0.3) is 0 Å². The summed E-state index contributed by atoms with van der Waals surface area (Å²) in [6.07, 6.45) is 0.616. The predicted octanol–water partition coefficient (Wildman–Crippen LogP) is 5.75. The molecule has 33 heavy (non-hydrogen) atoms. The first-order valence-corrected chi connectivity index (χ1v) is 10.7. The fourth-order valence-corrected chi connectivity index (χ4v) is 3.82. The van der Waals surface area contributed by atoms with Crippen molar-refractivity contribution in [2.45, 2.75) is 19.9 Å². The van der Waals surface area contributed by atoms with Crippen LogP contribution in [0.25, 0.3) is 0 Å². The van der Waals surface area contributed by atoms with E-state index in [4.69, 9.17) is 0 Å². The van der Waals surface area contributed by atoms with E-state index in [0.717, 1.165) is 5.56 Å². The minimum Gasteiger partial charge on any atom is -0.320 e. The van der Waals surface area contributed by atoms with Gasteiger partial charge in [0.2, 0.25) is 0 Å². The zero-order valence-corrected chi connectivity index (χ0v) is 18.1. The van der Waals surface area contributed by atoms with Crippen molar-refractivity contribution in [3.05, 3.63) is 89.5 Å². The number of carbonyl (C=O) groups is 2. The Morgan fingerprint density at radius 1 is 0.939 bits per heavy atom. The van der Waals surface area contributed by atoms with Crippen LogP contribution in [0.5, 0.6) is 0 Å². The molecule has 170 valence electrons. The van der Waals surface area contributed by atoms with Crippen LogP contribution in [0.15, 0.2) is 66.7 Å². The first-order chi connectivity index (χ1) is 15.9. The summed E-state index contributed by atoms with van der Waals surface area (Å²) in [6, 6.07) is 17.2. The summed E-state index contributed by atoms with van der Waals surface area (Å²) in [5.74, 6) is -1.37. The van der Waals surface area contributed by atoms with Crippen LogP contribution < -0.4 is 15.5 Å². The maximum atomic E-state index is 14.1. The van der Waals surface area contributed by atoms with Crippen LogP contribution in [-0.2, 0) is 6.54 Å². The number of nitrogens with zero attached hydrogens (tertiary/aromatic N) is 2. The lowest BCUT2D eigenvalue weighted by atomic mass is 10.1. The normalized spacial score (nSPS) is 13.7. The average Bonchev–Trinajstić information content (AvgIpc) is 2.78. The number of urea groups is 2. The third-order valence-corrected chi connectivity index (χ3v) is 5.44. The zero-order valence-electron chi connectivity index (χ0n) is 18.1. The fourth-order valence-electron chi connectivity index (χ4n) is 3.82. The van der Waals surface area contributed by atoms with E-state index in [2.05, 4.69) is 10.6 Å². The molecule has 0 aliphatic carbocycles. The number of aryl methyl sites for hydroxylation is 1. The Balaban J connectivity index is 1.55. The molecule has 0 atom stereocenters. The Morgan fingerprint density at radius 3 is 2.39 bits per heavy atom. The van der Waals surface area contributed by atoms with E-state index in [1.807, 2.05) is 31.2 Å². The Hall–Kier alpha value is -3.94. The van der Waals surface area contributed by atoms with Gasteiger partial charge < -0.3 is 15.5 Å². The Morgan fingerprint density at radius 2 is 1.67 bits per heavy atom. The van der Waals surface area contributed by atoms with Gasteiger partial charge in [0.05, 0.1) is 17.9 Å². The highest BCUT2D eigenvalue weighted by Gasteiger charge is 2.30. The quantitative estimate of drug-likeness (QED) is 0.520. The topological polar surface area (TPSA) is 64.7 Å². The molecule has 1 heterocycles. The number of amides is 4. The van der Waals surface area contributed by atoms with Crippen LogP contribution >= 0.6 is 0 Å². The Labute approximate surface area is 190 Å². The molecule has 0 spiro atoms. The van der Waals surface area contributed by atoms with E-state index in [-0.39, 0.29) is 18.1 Å². The highest BCUT2D eigenvalue weighted by molar-refractivity contribution is 6.04. The third-order valence-electron chi connectivity index (χ3n) is 5.44. The van der Waals surface area contributed by atoms with E-state index >= 15 is 0 Å². The molecule has 1 aliphatic heterocycles. The van der Waals surface area contributed by atoms with Gasteiger partial charge in [-0.05, 0) is 55.3 Å². The van der Waals surface area contributed by atoms with Gasteiger partial charge in [-0.15, -0.1) is 0 Å². The summed E-state index contributed by atoms with van der Waals surface area (Å²) in [5, 5.41) is 5.58. The standard InChI is InChI=1S/C25H24F2N4O2/c1-17-11-12-23(22(15-17)29-24(32)28-18-7-3-2-4-8-18)31-14-6-13-30(25(31)33)16-19-20(26)9-5-10-21(19)27/h2-5,7-12,15H,6,13-14,16H2,1H3,(H2,28,29,32). The summed E-state index contributed by atoms with van der Waals surface area (Å²) < 4.78 is 28.3. The van der Waals surface area contributed by atoms with Gasteiger partial charge in [0.1, 0.15) is 11.6 Å². The van der Waals surface area contributed by atoms with Crippen LogP contribution in [0.3, 0.4) is 0 Å². The number of benzene rings is 3. The monoisotopic (exact) mass is 450 g/mol. The number of hydrogen-bond acceptors (Lipinski definition) is 2. The molecule has 0 aromatic heterocycles. The third kappa shape index (κ3) is 5.11. The molecule has 6 nitrogen and oxygen atoms in total. The molecular weight excluding hydrogens is 426 g/mol. The second-order valence-electron chi connectivity index (χ2n) is 7.88. The van der Waals surface area contributed by atoms with Crippen molar-refractivity contribution in [1.29, 1.82) is 0 Å². The maximum absolute atomic E-state index is 14.1. The van der Waals surface area contributed by atoms with Gasteiger partial charge in [-0.25, -0.2) is 18.4 Å². The summed E-state index contributed by atoms with van der Waals surface area (Å²) in [7, 11) is 0. The molecule has 1 aliphatic rings. The second kappa shape index (κ2) is 9.68. The van der Waals surface area contributed by atoms with Crippen molar-refractivity contribution >= 4 is 29.1 Å². The highest BCUT2D eigenvalue weighted by atomic mass is 19.1. The predicted molar refractivity (Wildman–Crippen MR) is 124 cm³/mol. The Bertz CT molecular complexity index is 1150. The summed E-state index contributed by atoms with van der Waals surface area (Å²) >= 11 is 0. The van der Waals surface area contributed by atoms with Crippen molar-refractivity contribution in [3.8, 4) is 0 Å². The van der Waals surface area contributed by atoms with Gasteiger partial charge in [-0.3, -0.25) is 4.90 Å². The van der Waals surface area contributed by atoms with Crippen LogP contribution in [-0.4, -0.2) is 30.1 Å². The average molecular weight is 450 g/mol. The lowest BCUT2D eigenvalue weighted by Gasteiger charge is -2.36. The molecule has 0 saturated carbocycles. The largest absolute Gasteiger partial charge is 0.324 e. The lowest BCUT2D eigenvalue weighted by molar-refractivity contribution is 0.191. The second-order valence-corrected chi connectivity index (χ2v) is 7.88. The van der Waals surface area contributed by atoms with E-state index in [1.54, 1.807) is 24.3 Å². The Kier molecular flexibility index (Phi) is 6.53. The number of hydrogen-bond donors (Lipinski definition) is 2. The van der Waals surface area contributed by atoms with Crippen LogP contribution in [0, 0.1) is 18.6 Å². The van der Waals surface area contributed by atoms with Crippen molar-refractivity contribution in [1.82, 2.24) is 4.90 Å². The molecule has 1 fully saturated rings. The van der Waals surface area contributed by atoms with E-state index in [1.165, 1.54) is 28.0 Å². The molecule has 0 bridgehead atoms. The molecule has 8 heteroatoms. The van der Waals surface area contributed by atoms with Crippen molar-refractivity contribution in [2.75, 3.05) is 28.6 Å². The van der Waals surface area contributed by atoms with Crippen LogP contribution in [0.2, 0.25) is 0 Å². The van der Waals surface area contributed by atoms with Crippen LogP contribution in [0.1, 0.15) is 17.5 Å². The molecule has 0 radical (unpaired) electrons. The summed E-state index contributed by atoms with van der Waals surface area (Å²) in [5.41, 5.74) is 2.39. The number of rotatable bonds is 5. The van der Waals surface area contributed by atoms with E-state index in [0.29, 0.717) is 36.6 Å². The molecule has 1 saturated heterocycles. The minimum atomic E-state index is -0.685. The first kappa shape index (κ1) is 22.3. The first-order valence-electron chi connectivity index (χ1n) is 10.7. The van der Waals surface area contributed by atoms with Crippen molar-refractivity contribution in [2.24, 2.45) is 0 Å². The number of halogens is 2. The van der Waals surface area contributed by atoms with Gasteiger partial charge in [0, 0.05) is 24.3 Å². The number of anilines is 3. The maximum Gasteiger partial charge on any atom is 0.324 e. The smallest absolute Gasteiger partial charge is 0.320 e. The summed E-state index contributed by atoms with van der Waals surface area (Å²) in [6.45, 7) is 2.52. The number of para-hydroxylation sites is 1. The highest BCUT2D eigenvalue weighted by Crippen LogP contribution is 2.31. The summed E-state index contributed by atoms with van der Waals surface area (Å²) in [4.78, 5) is 28.8. The van der Waals surface area contributed by atoms with Gasteiger partial charge in [0.15, 0.2) is 0 Å². The van der Waals surface area contributed by atoms with E-state index in [9.17, 15) is 18.4 Å². The van der Waals surface area contributed by atoms with Crippen LogP contribution in [0.4, 0.5) is 35.4 Å². The minimum absolute atomic E-state index is 0.141. The fraction of sp³-hybridized carbons (Fsp3) is 0.200. The number of carbonyl (C=O) groups excluding carboxylic acids is 2. The molecule has 4 amide bonds. The molecule has 2 N–H and O–H groups in total. The molecule has 0 unspecified atom stereocenters. The molecule has 3 aromatic carbocycles.